The Morgan fingerprint density at radius 2 is 0.476 bits per heavy atom. The third-order valence-electron chi connectivity index (χ3n) is 16.4. The van der Waals surface area contributed by atoms with Crippen LogP contribution in [0.4, 0.5) is 0 Å². The van der Waals surface area contributed by atoms with Crippen molar-refractivity contribution in [2.45, 2.75) is 322 Å². The van der Waals surface area contributed by atoms with Gasteiger partial charge in [-0.3, -0.25) is 32.5 Å². The Morgan fingerprint density at radius 3 is 0.752 bits per heavy atom. The summed E-state index contributed by atoms with van der Waals surface area (Å²) in [7, 11) is -9.81. The SMILES string of the molecule is CC/C=C\C/C=C\C/C=C\C/C=C\C/C=C\C/C=C\CCCCCCC(=O)OCC(COP(=O)(O)OCC(O)COP(=O)(O)OCC(O)COC(=O)CCCCCCCCCCCCCCCCC/C=C\C/C=C\C/C=C\C/C=C\C/C=C\CC)OC(=O)CCCCCCC/C=C\C/C=C\C/C=C\CC. The first-order valence-corrected chi connectivity index (χ1v) is 43.4. The molecule has 5 unspecified atom stereocenters. The van der Waals surface area contributed by atoms with Crippen LogP contribution in [0.5, 0.6) is 0 Å². The average Bonchev–Trinajstić information content (AvgIpc) is 0.920. The lowest BCUT2D eigenvalue weighted by Crippen LogP contribution is -2.30. The number of carbonyl (C=O) groups excluding carboxylic acids is 3. The summed E-state index contributed by atoms with van der Waals surface area (Å²) in [6.07, 6.45) is 99.8. The van der Waals surface area contributed by atoms with Crippen molar-refractivity contribution < 1.29 is 75.8 Å². The van der Waals surface area contributed by atoms with Crippen LogP contribution < -0.4 is 0 Å². The zero-order chi connectivity index (χ0) is 76.6. The number of allylic oxidation sites excluding steroid dienone is 28. The predicted molar refractivity (Wildman–Crippen MR) is 435 cm³/mol. The first-order chi connectivity index (χ1) is 51.2. The van der Waals surface area contributed by atoms with Crippen LogP contribution in [-0.2, 0) is 55.8 Å². The molecule has 0 aliphatic heterocycles. The topological polar surface area (TPSA) is 231 Å². The highest BCUT2D eigenvalue weighted by atomic mass is 31.2. The molecule has 598 valence electrons. The number of phosphoric ester groups is 2. The third kappa shape index (κ3) is 79.8. The monoisotopic (exact) mass is 1510 g/mol. The molecule has 0 aromatic heterocycles. The predicted octanol–water partition coefficient (Wildman–Crippen LogP) is 24.0. The highest BCUT2D eigenvalue weighted by molar-refractivity contribution is 7.47. The molecule has 0 rings (SSSR count). The van der Waals surface area contributed by atoms with Gasteiger partial charge in [0.2, 0.25) is 0 Å². The van der Waals surface area contributed by atoms with Gasteiger partial charge in [-0.15, -0.1) is 0 Å². The van der Waals surface area contributed by atoms with Gasteiger partial charge in [-0.05, 0) is 148 Å². The fourth-order valence-corrected chi connectivity index (χ4v) is 12.0. The standard InChI is InChI=1S/C87H144O16P2/c1-4-7-10-13-16-19-22-25-28-30-32-34-36-37-38-39-40-41-42-43-45-47-48-50-53-55-58-61-64-67-70-73-85(90)97-76-82(88)77-99-104(93,94)100-78-83(89)79-101-105(95,96)102-81-84(103-87(92)75-72-69-66-63-60-57-52-27-24-21-18-15-12-9-6-3)80-98-86(91)74-71-68-65-62-59-56-54-51-49-46-44-35-33-31-29-26-23-20-17-14-11-8-5-2/h7-12,16-21,25-29,32-35,37-38,46,49,52,54,56,82-84,88-89H,4-6,13-15,22-24,30-31,36,39-45,47-48,50-51,53,55,57-81H2,1-3H3,(H,93,94)(H,95,96)/b10-7-,11-8-,12-9-,19-16-,20-17-,21-18-,28-25-,29-26-,34-32-,35-33-,38-37-,49-46-,52-27-,56-54-. The van der Waals surface area contributed by atoms with Crippen molar-refractivity contribution in [2.24, 2.45) is 0 Å². The maximum Gasteiger partial charge on any atom is 0.472 e. The van der Waals surface area contributed by atoms with E-state index in [0.29, 0.717) is 19.3 Å². The summed E-state index contributed by atoms with van der Waals surface area (Å²) >= 11 is 0. The van der Waals surface area contributed by atoms with E-state index in [4.69, 9.17) is 32.3 Å². The molecule has 0 amide bonds. The van der Waals surface area contributed by atoms with Crippen molar-refractivity contribution in [1.29, 1.82) is 0 Å². The smallest absolute Gasteiger partial charge is 0.463 e. The van der Waals surface area contributed by atoms with Gasteiger partial charge in [0.05, 0.1) is 26.4 Å². The molecule has 0 radical (unpaired) electrons. The number of hydrogen-bond donors (Lipinski definition) is 4. The number of phosphoric acid groups is 2. The second-order valence-electron chi connectivity index (χ2n) is 26.4. The molecule has 0 spiro atoms. The minimum atomic E-state index is -4.95. The number of ether oxygens (including phenoxy) is 3. The quantitative estimate of drug-likeness (QED) is 0.0146. The lowest BCUT2D eigenvalue weighted by Gasteiger charge is -2.21. The lowest BCUT2D eigenvalue weighted by molar-refractivity contribution is -0.161. The molecule has 5 atom stereocenters. The van der Waals surface area contributed by atoms with E-state index in [0.717, 1.165) is 167 Å². The summed E-state index contributed by atoms with van der Waals surface area (Å²) in [5.74, 6) is -1.63. The molecule has 0 heterocycles. The van der Waals surface area contributed by atoms with Gasteiger partial charge in [0.1, 0.15) is 25.4 Å². The van der Waals surface area contributed by atoms with Crippen molar-refractivity contribution in [2.75, 3.05) is 39.6 Å². The van der Waals surface area contributed by atoms with E-state index >= 15 is 0 Å². The molecular formula is C87H144O16P2. The molecule has 0 aromatic carbocycles. The first kappa shape index (κ1) is 99.9. The van der Waals surface area contributed by atoms with Crippen LogP contribution >= 0.6 is 15.6 Å². The molecule has 0 aliphatic carbocycles. The lowest BCUT2D eigenvalue weighted by atomic mass is 10.0. The minimum absolute atomic E-state index is 0.0735. The van der Waals surface area contributed by atoms with Crippen LogP contribution in [-0.4, -0.2) is 95.9 Å². The summed E-state index contributed by atoms with van der Waals surface area (Å²) in [6.45, 7) is 2.29. The number of aliphatic hydroxyl groups excluding tert-OH is 2. The third-order valence-corrected chi connectivity index (χ3v) is 18.3. The van der Waals surface area contributed by atoms with Gasteiger partial charge in [0.15, 0.2) is 6.10 Å². The van der Waals surface area contributed by atoms with Crippen molar-refractivity contribution in [3.8, 4) is 0 Å². The van der Waals surface area contributed by atoms with Gasteiger partial charge in [-0.2, -0.15) is 0 Å². The molecule has 0 saturated heterocycles. The molecular weight excluding hydrogens is 1360 g/mol. The zero-order valence-corrected chi connectivity index (χ0v) is 67.1. The van der Waals surface area contributed by atoms with Crippen LogP contribution in [0, 0.1) is 0 Å². The number of carbonyl (C=O) groups is 3. The van der Waals surface area contributed by atoms with Crippen molar-refractivity contribution >= 4 is 33.6 Å². The highest BCUT2D eigenvalue weighted by Gasteiger charge is 2.29. The number of esters is 3. The summed E-state index contributed by atoms with van der Waals surface area (Å²) in [4.78, 5) is 58.7. The second-order valence-corrected chi connectivity index (χ2v) is 29.3. The average molecular weight is 1510 g/mol. The van der Waals surface area contributed by atoms with Gasteiger partial charge in [0.25, 0.3) is 0 Å². The summed E-state index contributed by atoms with van der Waals surface area (Å²) < 4.78 is 61.1. The Kier molecular flexibility index (Phi) is 74.7. The van der Waals surface area contributed by atoms with Crippen LogP contribution in [0.3, 0.4) is 0 Å². The van der Waals surface area contributed by atoms with Crippen molar-refractivity contribution in [3.63, 3.8) is 0 Å². The minimum Gasteiger partial charge on any atom is -0.463 e. The van der Waals surface area contributed by atoms with Crippen molar-refractivity contribution in [1.82, 2.24) is 0 Å². The van der Waals surface area contributed by atoms with Gasteiger partial charge in [-0.1, -0.05) is 306 Å². The highest BCUT2D eigenvalue weighted by Crippen LogP contribution is 2.45. The van der Waals surface area contributed by atoms with Crippen molar-refractivity contribution in [3.05, 3.63) is 170 Å². The normalized spacial score (nSPS) is 14.8. The number of hydrogen-bond acceptors (Lipinski definition) is 14. The van der Waals surface area contributed by atoms with E-state index in [1.54, 1.807) is 0 Å². The molecule has 18 heteroatoms. The molecule has 0 aromatic rings. The Balaban J connectivity index is 4.54. The molecule has 4 N–H and O–H groups in total. The number of unbranched alkanes of at least 4 members (excludes halogenated alkanes) is 24. The Morgan fingerprint density at radius 1 is 0.267 bits per heavy atom. The maximum atomic E-state index is 13.0. The number of aliphatic hydroxyl groups is 2. The van der Waals surface area contributed by atoms with E-state index in [-0.39, 0.29) is 19.3 Å². The van der Waals surface area contributed by atoms with Gasteiger partial charge in [-0.25, -0.2) is 9.13 Å². The second kappa shape index (κ2) is 78.5. The fraction of sp³-hybridized carbons (Fsp3) is 0.644. The first-order valence-electron chi connectivity index (χ1n) is 40.4. The van der Waals surface area contributed by atoms with Crippen LogP contribution in [0.25, 0.3) is 0 Å². The van der Waals surface area contributed by atoms with Gasteiger partial charge in [0, 0.05) is 19.3 Å². The molecule has 0 aliphatic rings. The largest absolute Gasteiger partial charge is 0.472 e. The Bertz CT molecular complexity index is 2590. The Hall–Kier alpha value is -5.09. The fourth-order valence-electron chi connectivity index (χ4n) is 10.4. The Labute approximate surface area is 637 Å². The van der Waals surface area contributed by atoms with E-state index in [9.17, 15) is 43.5 Å². The molecule has 0 bridgehead atoms. The molecule has 16 nitrogen and oxygen atoms in total. The van der Waals surface area contributed by atoms with Crippen LogP contribution in [0.2, 0.25) is 0 Å². The van der Waals surface area contributed by atoms with Crippen LogP contribution in [0.1, 0.15) is 303 Å². The summed E-state index contributed by atoms with van der Waals surface area (Å²) in [5.41, 5.74) is 0. The number of rotatable bonds is 75. The van der Waals surface area contributed by atoms with E-state index in [2.05, 4.69) is 191 Å². The molecule has 0 fully saturated rings. The van der Waals surface area contributed by atoms with E-state index in [1.165, 1.54) is 77.0 Å². The summed E-state index contributed by atoms with van der Waals surface area (Å²) in [5, 5.41) is 20.7. The van der Waals surface area contributed by atoms with E-state index < -0.39 is 91.5 Å². The van der Waals surface area contributed by atoms with Crippen LogP contribution in [0.15, 0.2) is 170 Å². The van der Waals surface area contributed by atoms with Gasteiger partial charge >= 0.3 is 33.6 Å². The molecule has 0 saturated carbocycles. The van der Waals surface area contributed by atoms with E-state index in [1.807, 2.05) is 0 Å². The maximum absolute atomic E-state index is 13.0. The van der Waals surface area contributed by atoms with Gasteiger partial charge < -0.3 is 34.2 Å². The molecule has 105 heavy (non-hydrogen) atoms. The summed E-state index contributed by atoms with van der Waals surface area (Å²) in [6, 6.07) is 0. The zero-order valence-electron chi connectivity index (χ0n) is 65.3.